The zero-order valence-corrected chi connectivity index (χ0v) is 37.1. The Labute approximate surface area is 362 Å². The molecule has 3 amide bonds. The minimum absolute atomic E-state index is 0.0291. The van der Waals surface area contributed by atoms with E-state index >= 15 is 0 Å². The fraction of sp³-hybridized carbons (Fsp3) is 0.515. The highest BCUT2D eigenvalue weighted by Crippen LogP contribution is 2.61. The lowest BCUT2D eigenvalue weighted by Gasteiger charge is -2.30. The number of nitrogen functional groups attached to an aromatic ring is 1. The second kappa shape index (κ2) is 21.4. The van der Waals surface area contributed by atoms with Crippen molar-refractivity contribution in [3.63, 3.8) is 0 Å². The summed E-state index contributed by atoms with van der Waals surface area (Å²) < 4.78 is 62.3. The lowest BCUT2D eigenvalue weighted by molar-refractivity contribution is -0.137. The van der Waals surface area contributed by atoms with Crippen molar-refractivity contribution in [3.05, 3.63) is 48.7 Å². The first kappa shape index (κ1) is 50.1. The lowest BCUT2D eigenvalue weighted by atomic mass is 9.87. The number of para-hydroxylation sites is 1. The Morgan fingerprint density at radius 1 is 1.00 bits per heavy atom. The molecule has 1 aliphatic rings. The van der Waals surface area contributed by atoms with Crippen molar-refractivity contribution in [2.24, 2.45) is 5.41 Å². The Kier molecular flexibility index (Phi) is 17.0. The highest BCUT2D eigenvalue weighted by Gasteiger charge is 2.50. The number of thioether (sulfide) groups is 1. The number of hydrogen-bond donors (Lipinski definition) is 11. The Balaban J connectivity index is 0.988. The summed E-state index contributed by atoms with van der Waals surface area (Å²) in [5, 5.41) is 30.5. The van der Waals surface area contributed by atoms with Gasteiger partial charge >= 0.3 is 23.5 Å². The third-order valence-corrected chi connectivity index (χ3v) is 13.3. The average Bonchev–Trinajstić information content (AvgIpc) is 3.91. The van der Waals surface area contributed by atoms with E-state index in [-0.39, 0.29) is 48.2 Å². The summed E-state index contributed by atoms with van der Waals surface area (Å²) in [4.78, 5) is 91.4. The van der Waals surface area contributed by atoms with Gasteiger partial charge in [0.05, 0.1) is 25.3 Å². The van der Waals surface area contributed by atoms with E-state index in [1.165, 1.54) is 25.6 Å². The zero-order chi connectivity index (χ0) is 46.2. The van der Waals surface area contributed by atoms with Gasteiger partial charge in [0.15, 0.2) is 17.7 Å². The number of hydrogen-bond acceptors (Lipinski definition) is 18. The number of carbonyl (C=O) groups is 3. The summed E-state index contributed by atoms with van der Waals surface area (Å²) in [6, 6.07) is 7.88. The third kappa shape index (κ3) is 14.3. The van der Waals surface area contributed by atoms with Gasteiger partial charge in [-0.05, 0) is 18.1 Å². The van der Waals surface area contributed by atoms with Crippen LogP contribution in [0.15, 0.2) is 43.1 Å². The van der Waals surface area contributed by atoms with Crippen molar-refractivity contribution in [1.82, 2.24) is 40.5 Å². The number of imidazole rings is 1. The molecule has 12 N–H and O–H groups in total. The third-order valence-electron chi connectivity index (χ3n) is 9.27. The van der Waals surface area contributed by atoms with Crippen molar-refractivity contribution in [2.75, 3.05) is 50.1 Å². The number of nitrogens with two attached hydrogens (primary N) is 1. The van der Waals surface area contributed by atoms with E-state index in [1.54, 1.807) is 0 Å². The van der Waals surface area contributed by atoms with Crippen LogP contribution in [0.5, 0.6) is 0 Å². The molecular formula is C33H48N9O17P3S. The van der Waals surface area contributed by atoms with Gasteiger partial charge in [0.25, 0.3) is 0 Å². The maximum Gasteiger partial charge on any atom is 0.481 e. The van der Waals surface area contributed by atoms with Crippen molar-refractivity contribution >= 4 is 80.8 Å². The predicted octanol–water partition coefficient (Wildman–Crippen LogP) is -0.0217. The zero-order valence-electron chi connectivity index (χ0n) is 33.6. The normalized spacial score (nSPS) is 20.6. The summed E-state index contributed by atoms with van der Waals surface area (Å²) in [7, 11) is -16.4. The molecule has 1 saturated heterocycles. The van der Waals surface area contributed by atoms with Crippen LogP contribution in [0.4, 0.5) is 5.82 Å². The van der Waals surface area contributed by atoms with Crippen molar-refractivity contribution < 1.29 is 80.5 Å². The van der Waals surface area contributed by atoms with E-state index in [0.29, 0.717) is 18.7 Å². The molecule has 0 radical (unpaired) electrons. The van der Waals surface area contributed by atoms with Crippen LogP contribution in [0, 0.1) is 5.41 Å². The van der Waals surface area contributed by atoms with Gasteiger partial charge < -0.3 is 61.2 Å². The molecule has 0 saturated carbocycles. The molecule has 1 aliphatic heterocycles. The van der Waals surface area contributed by atoms with Gasteiger partial charge in [-0.15, -0.1) is 0 Å². The van der Waals surface area contributed by atoms with Crippen LogP contribution in [0.2, 0.25) is 0 Å². The van der Waals surface area contributed by atoms with Gasteiger partial charge in [-0.1, -0.05) is 32.0 Å². The Morgan fingerprint density at radius 2 is 1.71 bits per heavy atom. The Bertz CT molecular complexity index is 2380. The van der Waals surface area contributed by atoms with Crippen molar-refractivity contribution in [2.45, 2.75) is 57.3 Å². The summed E-state index contributed by atoms with van der Waals surface area (Å²) in [5.74, 6) is -0.932. The quantitative estimate of drug-likeness (QED) is 0.0325. The molecule has 0 aliphatic carbocycles. The van der Waals surface area contributed by atoms with Crippen LogP contribution in [0.3, 0.4) is 0 Å². The van der Waals surface area contributed by atoms with Crippen molar-refractivity contribution in [1.29, 1.82) is 0 Å². The lowest BCUT2D eigenvalue weighted by Crippen LogP contribution is -2.46. The number of phosphoric ester groups is 3. The average molecular weight is 968 g/mol. The van der Waals surface area contributed by atoms with Crippen molar-refractivity contribution in [3.8, 4) is 0 Å². The van der Waals surface area contributed by atoms with E-state index in [0.717, 1.165) is 33.7 Å². The number of aliphatic hydroxyl groups is 2. The second-order valence-electron chi connectivity index (χ2n) is 14.6. The molecule has 1 aromatic carbocycles. The smallest absolute Gasteiger partial charge is 0.386 e. The molecule has 3 aromatic heterocycles. The van der Waals surface area contributed by atoms with E-state index in [4.69, 9.17) is 19.5 Å². The number of anilines is 1. The number of nitrogens with zero attached hydrogens (tertiary/aromatic N) is 4. The number of rotatable bonds is 24. The largest absolute Gasteiger partial charge is 0.481 e. The standard InChI is InChI=1S/C33H48N9O17P3S/c1-33(2,28(46)31(47)37-10-8-23(43)36-11-12-63-15-24(44)35-9-7-19-13-38-21-6-4-3-5-20(19)21)16-56-62(53,54)59-61(51,52)55-14-22-27(58-60(48,49)50)26(45)32(57-22)42-18-41-25-29(34)39-17-40-30(25)42/h3-6,13,17-18,22,26-28,32,38,45-46H,7-12,14-16H2,1-2H3,(H,35,44)(H,36,43)(H,37,47)(H,51,52)(H,53,54)(H2,34,39,40)(H2,48,49,50). The fourth-order valence-electron chi connectivity index (χ4n) is 6.09. The Morgan fingerprint density at radius 3 is 2.46 bits per heavy atom. The number of ether oxygens (including phenoxy) is 1. The minimum atomic E-state index is -5.58. The maximum absolute atomic E-state index is 12.7. The summed E-state index contributed by atoms with van der Waals surface area (Å²) in [6.45, 7) is 1.02. The van der Waals surface area contributed by atoms with E-state index < -0.39 is 84.6 Å². The maximum atomic E-state index is 12.7. The molecule has 5 rings (SSSR count). The predicted molar refractivity (Wildman–Crippen MR) is 222 cm³/mol. The summed E-state index contributed by atoms with van der Waals surface area (Å²) >= 11 is 1.33. The van der Waals surface area contributed by atoms with E-state index in [2.05, 4.69) is 44.7 Å². The van der Waals surface area contributed by atoms with Gasteiger partial charge in [-0.2, -0.15) is 16.1 Å². The number of amides is 3. The first-order valence-electron chi connectivity index (χ1n) is 18.8. The molecule has 348 valence electrons. The first-order valence-corrected chi connectivity index (χ1v) is 24.5. The number of aromatic amines is 1. The molecule has 4 heterocycles. The highest BCUT2D eigenvalue weighted by atomic mass is 32.2. The van der Waals surface area contributed by atoms with Crippen LogP contribution in [0.25, 0.3) is 22.1 Å². The number of nitrogens with one attached hydrogen (secondary N) is 4. The number of aromatic nitrogens is 5. The van der Waals surface area contributed by atoms with Crippen LogP contribution < -0.4 is 21.7 Å². The summed E-state index contributed by atoms with van der Waals surface area (Å²) in [6.07, 6.45) is -4.34. The van der Waals surface area contributed by atoms with Gasteiger partial charge in [0, 0.05) is 54.3 Å². The van der Waals surface area contributed by atoms with E-state index in [9.17, 15) is 57.9 Å². The fourth-order valence-corrected chi connectivity index (χ4v) is 9.60. The van der Waals surface area contributed by atoms with Crippen LogP contribution in [-0.4, -0.2) is 141 Å². The van der Waals surface area contributed by atoms with Gasteiger partial charge in [0.2, 0.25) is 17.7 Å². The molecule has 4 aromatic rings. The topological polar surface area (TPSA) is 391 Å². The molecule has 7 atom stereocenters. The number of phosphoric acid groups is 3. The van der Waals surface area contributed by atoms with E-state index in [1.807, 2.05) is 30.5 Å². The van der Waals surface area contributed by atoms with Gasteiger partial charge in [-0.3, -0.25) is 32.5 Å². The molecule has 0 bridgehead atoms. The van der Waals surface area contributed by atoms with Gasteiger partial charge in [-0.25, -0.2) is 28.6 Å². The molecule has 0 spiro atoms. The molecular weight excluding hydrogens is 919 g/mol. The van der Waals surface area contributed by atoms with Crippen LogP contribution >= 0.6 is 35.2 Å². The Hall–Kier alpha value is -3.88. The molecule has 1 fully saturated rings. The summed E-state index contributed by atoms with van der Waals surface area (Å²) in [5.41, 5.74) is 6.39. The minimum Gasteiger partial charge on any atom is -0.386 e. The first-order chi connectivity index (χ1) is 29.6. The van der Waals surface area contributed by atoms with Crippen LogP contribution in [-0.2, 0) is 57.1 Å². The molecule has 30 heteroatoms. The monoisotopic (exact) mass is 967 g/mol. The number of carbonyl (C=O) groups excluding carboxylic acids is 3. The molecule has 63 heavy (non-hydrogen) atoms. The number of fused-ring (bicyclic) bond motifs is 2. The van der Waals surface area contributed by atoms with Crippen LogP contribution in [0.1, 0.15) is 32.1 Å². The number of aliphatic hydroxyl groups excluding tert-OH is 2. The molecule has 26 nitrogen and oxygen atoms in total. The highest BCUT2D eigenvalue weighted by molar-refractivity contribution is 7.99. The number of benzene rings is 1. The second-order valence-corrected chi connectivity index (χ2v) is 19.9. The molecule has 7 unspecified atom stereocenters. The SMILES string of the molecule is CC(C)(COP(=O)(O)OP(=O)(O)OCC1OC(n2cnc3c(N)ncnc32)C(O)C1OP(=O)(O)O)C(O)C(=O)NCCC(=O)NCCSCC(=O)NCCc1c[nH]c2ccccc12. The van der Waals surface area contributed by atoms with Gasteiger partial charge in [0.1, 0.15) is 36.3 Å². The number of H-pyrrole nitrogens is 1.